The van der Waals surface area contributed by atoms with E-state index in [0.29, 0.717) is 0 Å². The molecule has 0 atom stereocenters. The van der Waals surface area contributed by atoms with Crippen LogP contribution in [0.15, 0.2) is 54.7 Å². The molecular formula is C23H27FN4O. The van der Waals surface area contributed by atoms with Gasteiger partial charge < -0.3 is 5.11 Å². The van der Waals surface area contributed by atoms with Crippen LogP contribution in [0.5, 0.6) is 0 Å². The second-order valence-electron chi connectivity index (χ2n) is 7.63. The number of β-amino-alcohol motifs (C(OH)–C–C–N with tert-alkyl or cyclic N) is 1. The van der Waals surface area contributed by atoms with Crippen LogP contribution in [0.3, 0.4) is 0 Å². The van der Waals surface area contributed by atoms with Gasteiger partial charge >= 0.3 is 0 Å². The number of benzene rings is 2. The quantitative estimate of drug-likeness (QED) is 0.698. The lowest BCUT2D eigenvalue weighted by molar-refractivity contribution is 0.108. The Bertz CT molecular complexity index is 929. The Morgan fingerprint density at radius 2 is 1.59 bits per heavy atom. The first-order valence-corrected chi connectivity index (χ1v) is 10.1. The maximum Gasteiger partial charge on any atom is 0.123 e. The lowest BCUT2D eigenvalue weighted by Gasteiger charge is -2.34. The van der Waals surface area contributed by atoms with Crippen molar-refractivity contribution in [3.8, 4) is 16.9 Å². The van der Waals surface area contributed by atoms with Crippen LogP contribution in [-0.2, 0) is 6.54 Å². The fourth-order valence-corrected chi connectivity index (χ4v) is 3.76. The largest absolute Gasteiger partial charge is 0.395 e. The highest BCUT2D eigenvalue weighted by Crippen LogP contribution is 2.26. The lowest BCUT2D eigenvalue weighted by Crippen LogP contribution is -2.46. The van der Waals surface area contributed by atoms with E-state index in [1.54, 1.807) is 12.1 Å². The Balaban J connectivity index is 1.60. The Morgan fingerprint density at radius 3 is 2.24 bits per heavy atom. The molecule has 0 aliphatic carbocycles. The first-order chi connectivity index (χ1) is 14.1. The van der Waals surface area contributed by atoms with Crippen LogP contribution in [0, 0.1) is 12.7 Å². The average Bonchev–Trinajstić information content (AvgIpc) is 3.14. The van der Waals surface area contributed by atoms with Crippen LogP contribution in [0.4, 0.5) is 4.39 Å². The summed E-state index contributed by atoms with van der Waals surface area (Å²) < 4.78 is 15.3. The molecule has 1 fully saturated rings. The minimum Gasteiger partial charge on any atom is -0.395 e. The number of piperazine rings is 1. The Morgan fingerprint density at radius 1 is 0.931 bits per heavy atom. The molecule has 3 aromatic rings. The third kappa shape index (κ3) is 4.72. The average molecular weight is 394 g/mol. The molecule has 0 saturated carbocycles. The summed E-state index contributed by atoms with van der Waals surface area (Å²) in [5.74, 6) is -0.242. The number of hydrogen-bond donors (Lipinski definition) is 1. The molecule has 1 aromatic heterocycles. The van der Waals surface area contributed by atoms with Gasteiger partial charge in [-0.2, -0.15) is 5.10 Å². The van der Waals surface area contributed by atoms with Gasteiger partial charge in [-0.15, -0.1) is 0 Å². The number of aliphatic hydroxyl groups excluding tert-OH is 1. The molecule has 6 heteroatoms. The van der Waals surface area contributed by atoms with Crippen LogP contribution in [0.2, 0.25) is 0 Å². The monoisotopic (exact) mass is 394 g/mol. The summed E-state index contributed by atoms with van der Waals surface area (Å²) in [5, 5.41) is 14.0. The molecule has 0 radical (unpaired) electrons. The van der Waals surface area contributed by atoms with Crippen molar-refractivity contribution in [3.63, 3.8) is 0 Å². The topological polar surface area (TPSA) is 44.5 Å². The second-order valence-corrected chi connectivity index (χ2v) is 7.63. The molecule has 5 nitrogen and oxygen atoms in total. The van der Waals surface area contributed by atoms with E-state index >= 15 is 0 Å². The fraction of sp³-hybridized carbons (Fsp3) is 0.348. The van der Waals surface area contributed by atoms with E-state index in [4.69, 9.17) is 10.2 Å². The Hall–Kier alpha value is -2.54. The summed E-state index contributed by atoms with van der Waals surface area (Å²) in [5.41, 5.74) is 5.17. The van der Waals surface area contributed by atoms with Gasteiger partial charge in [-0.25, -0.2) is 9.07 Å². The van der Waals surface area contributed by atoms with E-state index in [9.17, 15) is 4.39 Å². The van der Waals surface area contributed by atoms with E-state index in [0.717, 1.165) is 61.8 Å². The minimum absolute atomic E-state index is 0.206. The summed E-state index contributed by atoms with van der Waals surface area (Å²) >= 11 is 0. The number of aromatic nitrogens is 2. The van der Waals surface area contributed by atoms with E-state index in [2.05, 4.69) is 47.2 Å². The third-order valence-corrected chi connectivity index (χ3v) is 5.48. The molecule has 1 aliphatic rings. The van der Waals surface area contributed by atoms with Crippen LogP contribution < -0.4 is 0 Å². The molecule has 4 rings (SSSR count). The highest BCUT2D eigenvalue weighted by Gasteiger charge is 2.20. The molecule has 1 aliphatic heterocycles. The third-order valence-electron chi connectivity index (χ3n) is 5.48. The van der Waals surface area contributed by atoms with Gasteiger partial charge in [-0.05, 0) is 43.3 Å². The zero-order valence-corrected chi connectivity index (χ0v) is 16.8. The summed E-state index contributed by atoms with van der Waals surface area (Å²) in [4.78, 5) is 4.70. The lowest BCUT2D eigenvalue weighted by atomic mass is 10.1. The van der Waals surface area contributed by atoms with Crippen molar-refractivity contribution in [3.05, 3.63) is 71.7 Å². The molecule has 29 heavy (non-hydrogen) atoms. The van der Waals surface area contributed by atoms with E-state index < -0.39 is 0 Å². The van der Waals surface area contributed by atoms with Gasteiger partial charge in [0.15, 0.2) is 0 Å². The zero-order chi connectivity index (χ0) is 20.2. The molecule has 152 valence electrons. The number of aryl methyl sites for hydroxylation is 1. The molecule has 1 N–H and O–H groups in total. The van der Waals surface area contributed by atoms with Crippen LogP contribution in [0.25, 0.3) is 16.9 Å². The SMILES string of the molecule is Cc1ccc(-n2cc(CN3CCN(CCO)CC3)c(-c3ccc(F)cc3)n2)cc1. The maximum atomic E-state index is 13.4. The van der Waals surface area contributed by atoms with E-state index in [1.807, 2.05) is 4.68 Å². The standard InChI is InChI=1S/C23H27FN4O/c1-18-2-8-22(9-3-18)28-17-20(16-27-12-10-26(11-13-27)14-15-29)23(25-28)19-4-6-21(24)7-5-19/h2-9,17,29H,10-16H2,1H3. The van der Waals surface area contributed by atoms with Crippen LogP contribution in [0.1, 0.15) is 11.1 Å². The number of rotatable bonds is 6. The molecular weight excluding hydrogens is 367 g/mol. The van der Waals surface area contributed by atoms with Crippen molar-refractivity contribution in [2.45, 2.75) is 13.5 Å². The Labute approximate surface area is 171 Å². The summed E-state index contributed by atoms with van der Waals surface area (Å²) in [6.07, 6.45) is 2.09. The van der Waals surface area contributed by atoms with Crippen molar-refractivity contribution in [1.82, 2.24) is 19.6 Å². The number of halogens is 1. The van der Waals surface area contributed by atoms with Gasteiger partial charge in [0.05, 0.1) is 18.0 Å². The first kappa shape index (κ1) is 19.8. The van der Waals surface area contributed by atoms with Crippen LogP contribution >= 0.6 is 0 Å². The van der Waals surface area contributed by atoms with Gasteiger partial charge in [0.1, 0.15) is 5.82 Å². The predicted octanol–water partition coefficient (Wildman–Crippen LogP) is 3.10. The minimum atomic E-state index is -0.242. The highest BCUT2D eigenvalue weighted by molar-refractivity contribution is 5.63. The summed E-state index contributed by atoms with van der Waals surface area (Å²) in [6.45, 7) is 7.64. The van der Waals surface area contributed by atoms with Gasteiger partial charge in [0.2, 0.25) is 0 Å². The van der Waals surface area contributed by atoms with Crippen LogP contribution in [-0.4, -0.2) is 64.0 Å². The second kappa shape index (κ2) is 8.86. The summed E-state index contributed by atoms with van der Waals surface area (Å²) in [6, 6.07) is 14.8. The Kier molecular flexibility index (Phi) is 6.04. The molecule has 2 heterocycles. The maximum absolute atomic E-state index is 13.4. The van der Waals surface area contributed by atoms with Crippen molar-refractivity contribution in [2.75, 3.05) is 39.3 Å². The van der Waals surface area contributed by atoms with Crippen molar-refractivity contribution < 1.29 is 9.50 Å². The van der Waals surface area contributed by atoms with Crippen molar-refractivity contribution >= 4 is 0 Å². The van der Waals surface area contributed by atoms with Crippen molar-refractivity contribution in [1.29, 1.82) is 0 Å². The molecule has 0 amide bonds. The molecule has 0 spiro atoms. The number of hydrogen-bond acceptors (Lipinski definition) is 4. The smallest absolute Gasteiger partial charge is 0.123 e. The molecule has 2 aromatic carbocycles. The number of nitrogens with zero attached hydrogens (tertiary/aromatic N) is 4. The van der Waals surface area contributed by atoms with Crippen molar-refractivity contribution in [2.24, 2.45) is 0 Å². The highest BCUT2D eigenvalue weighted by atomic mass is 19.1. The first-order valence-electron chi connectivity index (χ1n) is 10.1. The predicted molar refractivity (Wildman–Crippen MR) is 112 cm³/mol. The molecule has 0 bridgehead atoms. The number of aliphatic hydroxyl groups is 1. The van der Waals surface area contributed by atoms with Gasteiger partial charge in [-0.3, -0.25) is 9.80 Å². The zero-order valence-electron chi connectivity index (χ0n) is 16.8. The van der Waals surface area contributed by atoms with Gasteiger partial charge in [0, 0.05) is 56.6 Å². The summed E-state index contributed by atoms with van der Waals surface area (Å²) in [7, 11) is 0. The van der Waals surface area contributed by atoms with E-state index in [-0.39, 0.29) is 12.4 Å². The van der Waals surface area contributed by atoms with E-state index in [1.165, 1.54) is 17.7 Å². The molecule has 1 saturated heterocycles. The normalized spacial score (nSPS) is 15.7. The van der Waals surface area contributed by atoms with Gasteiger partial charge in [-0.1, -0.05) is 17.7 Å². The molecule has 0 unspecified atom stereocenters. The fourth-order valence-electron chi connectivity index (χ4n) is 3.76. The van der Waals surface area contributed by atoms with Gasteiger partial charge in [0.25, 0.3) is 0 Å².